The number of rotatable bonds is 3. The topological polar surface area (TPSA) is 22.1 Å². The van der Waals surface area contributed by atoms with Gasteiger partial charge in [0, 0.05) is 23.0 Å². The molecule has 0 saturated heterocycles. The molecule has 2 nitrogen and oxygen atoms in total. The molecule has 0 N–H and O–H groups in total. The molecule has 0 spiro atoms. The third-order valence-electron chi connectivity index (χ3n) is 3.56. The average Bonchev–Trinajstić information content (AvgIpc) is 2.58. The highest BCUT2D eigenvalue weighted by molar-refractivity contribution is 7.27. The van der Waals surface area contributed by atoms with Gasteiger partial charge in [-0.25, -0.2) is 4.39 Å². The van der Waals surface area contributed by atoms with Gasteiger partial charge in [-0.2, -0.15) is 0 Å². The summed E-state index contributed by atoms with van der Waals surface area (Å²) in [5.41, 5.74) is 1.78. The minimum atomic E-state index is -0.350. The molecule has 3 rings (SSSR count). The lowest BCUT2D eigenvalue weighted by molar-refractivity contribution is 0.446. The second kappa shape index (κ2) is 8.92. The molecule has 0 aliphatic heterocycles. The van der Waals surface area contributed by atoms with Crippen LogP contribution in [-0.4, -0.2) is 4.98 Å². The van der Waals surface area contributed by atoms with E-state index in [9.17, 15) is 4.39 Å². The molecule has 1 heterocycles. The summed E-state index contributed by atoms with van der Waals surface area (Å²) < 4.78 is 20.1. The quantitative estimate of drug-likeness (QED) is 0.520. The molecule has 132 valence electrons. The van der Waals surface area contributed by atoms with Gasteiger partial charge in [0.1, 0.15) is 5.75 Å². The van der Waals surface area contributed by atoms with Crippen molar-refractivity contribution in [1.82, 2.24) is 4.98 Å². The highest BCUT2D eigenvalue weighted by Gasteiger charge is 2.13. The number of ether oxygens (including phenoxy) is 1. The first kappa shape index (κ1) is 19.3. The van der Waals surface area contributed by atoms with E-state index in [4.69, 9.17) is 4.74 Å². The summed E-state index contributed by atoms with van der Waals surface area (Å²) >= 11 is 0. The van der Waals surface area contributed by atoms with Crippen molar-refractivity contribution in [2.45, 2.75) is 40.0 Å². The monoisotopic (exact) mass is 357 g/mol. The number of fused-ring (bicyclic) bond motifs is 1. The zero-order chi connectivity index (χ0) is 18.4. The number of halogens is 1. The van der Waals surface area contributed by atoms with Gasteiger partial charge < -0.3 is 4.74 Å². The summed E-state index contributed by atoms with van der Waals surface area (Å²) in [5, 5.41) is 1.74. The lowest BCUT2D eigenvalue weighted by Gasteiger charge is -2.13. The van der Waals surface area contributed by atoms with Crippen LogP contribution in [0.5, 0.6) is 11.5 Å². The largest absolute Gasteiger partial charge is 0.454 e. The fraction of sp³-hybridized carbons (Fsp3) is 0.286. The Kier molecular flexibility index (Phi) is 6.90. The van der Waals surface area contributed by atoms with Crippen LogP contribution in [-0.2, 0) is 0 Å². The van der Waals surface area contributed by atoms with E-state index >= 15 is 0 Å². The van der Waals surface area contributed by atoms with Crippen LogP contribution in [0.15, 0.2) is 48.7 Å². The molecular formula is C21H25FNOP. The van der Waals surface area contributed by atoms with Crippen molar-refractivity contribution >= 4 is 25.4 Å². The Morgan fingerprint density at radius 1 is 1.12 bits per heavy atom. The zero-order valence-corrected chi connectivity index (χ0v) is 16.4. The molecule has 25 heavy (non-hydrogen) atoms. The van der Waals surface area contributed by atoms with Gasteiger partial charge in [0.05, 0.1) is 5.52 Å². The molecule has 2 aromatic carbocycles. The Hall–Kier alpha value is -1.99. The van der Waals surface area contributed by atoms with E-state index in [0.717, 1.165) is 16.5 Å². The second-order valence-corrected chi connectivity index (χ2v) is 6.86. The van der Waals surface area contributed by atoms with Crippen LogP contribution in [0, 0.1) is 5.82 Å². The minimum Gasteiger partial charge on any atom is -0.454 e. The molecule has 1 unspecified atom stereocenters. The lowest BCUT2D eigenvalue weighted by atomic mass is 10.0. The van der Waals surface area contributed by atoms with Crippen LogP contribution in [0.2, 0.25) is 0 Å². The predicted molar refractivity (Wildman–Crippen MR) is 108 cm³/mol. The fourth-order valence-corrected chi connectivity index (χ4v) is 2.69. The fourth-order valence-electron chi connectivity index (χ4n) is 2.31. The third-order valence-corrected chi connectivity index (χ3v) is 3.99. The van der Waals surface area contributed by atoms with Gasteiger partial charge in [0.25, 0.3) is 0 Å². The van der Waals surface area contributed by atoms with Crippen molar-refractivity contribution in [3.8, 4) is 11.5 Å². The van der Waals surface area contributed by atoms with Crippen LogP contribution in [0.4, 0.5) is 4.39 Å². The summed E-state index contributed by atoms with van der Waals surface area (Å²) in [5.74, 6) is 0.737. The summed E-state index contributed by atoms with van der Waals surface area (Å²) in [7, 11) is 2.54. The first-order valence-electron chi connectivity index (χ1n) is 8.57. The molecule has 0 saturated carbocycles. The van der Waals surface area contributed by atoms with E-state index in [-0.39, 0.29) is 17.5 Å². The molecule has 1 aromatic heterocycles. The number of aromatic nitrogens is 1. The number of pyridine rings is 1. The molecule has 0 bridgehead atoms. The zero-order valence-electron chi connectivity index (χ0n) is 15.2. The van der Waals surface area contributed by atoms with Gasteiger partial charge in [0.15, 0.2) is 11.6 Å². The van der Waals surface area contributed by atoms with E-state index in [2.05, 4.69) is 28.1 Å². The van der Waals surface area contributed by atoms with E-state index in [0.29, 0.717) is 11.1 Å². The Morgan fingerprint density at radius 2 is 1.84 bits per heavy atom. The first-order chi connectivity index (χ1) is 12.0. The molecular weight excluding hydrogens is 332 g/mol. The van der Waals surface area contributed by atoms with Crippen molar-refractivity contribution in [3.63, 3.8) is 0 Å². The van der Waals surface area contributed by atoms with Crippen LogP contribution in [0.25, 0.3) is 10.9 Å². The van der Waals surface area contributed by atoms with Gasteiger partial charge in [-0.05, 0) is 41.8 Å². The Bertz CT molecular complexity index is 825. The van der Waals surface area contributed by atoms with E-state index in [1.54, 1.807) is 6.20 Å². The molecule has 0 aliphatic rings. The van der Waals surface area contributed by atoms with Crippen LogP contribution >= 0.6 is 9.24 Å². The minimum absolute atomic E-state index is 0.240. The summed E-state index contributed by atoms with van der Waals surface area (Å²) in [6.45, 7) is 8.32. The first-order valence-corrected chi connectivity index (χ1v) is 9.15. The number of hydrogen-bond donors (Lipinski definition) is 0. The number of nitrogens with zero attached hydrogens (tertiary/aromatic N) is 1. The molecule has 0 aliphatic carbocycles. The Balaban J connectivity index is 0.000000701. The smallest absolute Gasteiger partial charge is 0.170 e. The molecule has 3 aromatic rings. The average molecular weight is 357 g/mol. The van der Waals surface area contributed by atoms with Crippen LogP contribution in [0.1, 0.15) is 45.6 Å². The number of benzene rings is 2. The van der Waals surface area contributed by atoms with E-state index in [1.165, 1.54) is 12.5 Å². The van der Waals surface area contributed by atoms with Crippen molar-refractivity contribution in [1.29, 1.82) is 0 Å². The van der Waals surface area contributed by atoms with Crippen molar-refractivity contribution < 1.29 is 9.13 Å². The van der Waals surface area contributed by atoms with Gasteiger partial charge in [-0.1, -0.05) is 40.2 Å². The standard InChI is InChI=1S/C18H17FNOP.C3H8/c1-11(2)13-8-15(19)18(17(22)9-13)21-14-6-5-12-4-3-7-20-16(12)10-14;1-3-2/h3-11H,22H2,1-2H3;3H2,1-2H3. The Morgan fingerprint density at radius 3 is 2.48 bits per heavy atom. The SMILES string of the molecule is CC(C)c1cc(F)c(Oc2ccc3cccnc3c2)c(P)c1.CCC. The van der Waals surface area contributed by atoms with Gasteiger partial charge in [-0.3, -0.25) is 4.98 Å². The maximum absolute atomic E-state index is 14.3. The third kappa shape index (κ3) is 4.99. The lowest BCUT2D eigenvalue weighted by Crippen LogP contribution is -2.04. The van der Waals surface area contributed by atoms with Gasteiger partial charge >= 0.3 is 0 Å². The molecule has 0 amide bonds. The van der Waals surface area contributed by atoms with Crippen molar-refractivity contribution in [2.75, 3.05) is 0 Å². The molecule has 4 heteroatoms. The molecule has 1 atom stereocenters. The maximum atomic E-state index is 14.3. The van der Waals surface area contributed by atoms with Gasteiger partial charge in [-0.15, -0.1) is 9.24 Å². The predicted octanol–water partition coefficient (Wildman–Crippen LogP) is 6.21. The highest BCUT2D eigenvalue weighted by Crippen LogP contribution is 2.29. The van der Waals surface area contributed by atoms with Crippen LogP contribution in [0.3, 0.4) is 0 Å². The Labute approximate surface area is 151 Å². The van der Waals surface area contributed by atoms with Crippen molar-refractivity contribution in [2.24, 2.45) is 0 Å². The normalized spacial score (nSPS) is 10.5. The van der Waals surface area contributed by atoms with Crippen molar-refractivity contribution in [3.05, 3.63) is 60.0 Å². The second-order valence-electron chi connectivity index (χ2n) is 6.24. The summed E-state index contributed by atoms with van der Waals surface area (Å²) in [4.78, 5) is 4.29. The maximum Gasteiger partial charge on any atom is 0.170 e. The van der Waals surface area contributed by atoms with Crippen LogP contribution < -0.4 is 10.0 Å². The number of hydrogen-bond acceptors (Lipinski definition) is 2. The molecule has 0 radical (unpaired) electrons. The van der Waals surface area contributed by atoms with E-state index < -0.39 is 0 Å². The van der Waals surface area contributed by atoms with E-state index in [1.807, 2.05) is 50.2 Å². The summed E-state index contributed by atoms with van der Waals surface area (Å²) in [6.07, 6.45) is 2.98. The molecule has 0 fully saturated rings. The van der Waals surface area contributed by atoms with Gasteiger partial charge in [0.2, 0.25) is 0 Å². The summed E-state index contributed by atoms with van der Waals surface area (Å²) in [6, 6.07) is 12.9. The highest BCUT2D eigenvalue weighted by atomic mass is 31.0.